The third kappa shape index (κ3) is 6.83. The zero-order valence-corrected chi connectivity index (χ0v) is 17.5. The van der Waals surface area contributed by atoms with Gasteiger partial charge >= 0.3 is 0 Å². The first-order valence-electron chi connectivity index (χ1n) is 8.48. The average molecular weight is 440 g/mol. The summed E-state index contributed by atoms with van der Waals surface area (Å²) in [6.07, 6.45) is 6.58. The van der Waals surface area contributed by atoms with E-state index in [2.05, 4.69) is 46.3 Å². The molecule has 0 radical (unpaired) electrons. The number of thioether (sulfide) groups is 1. The number of rotatable bonds is 5. The Morgan fingerprint density at radius 1 is 1.32 bits per heavy atom. The second kappa shape index (κ2) is 11.0. The second-order valence-electron chi connectivity index (χ2n) is 6.46. The van der Waals surface area contributed by atoms with Crippen molar-refractivity contribution in [2.75, 3.05) is 39.5 Å². The number of aliphatic imine (C=N–C) groups is 1. The van der Waals surface area contributed by atoms with Crippen LogP contribution in [-0.4, -0.2) is 61.6 Å². The van der Waals surface area contributed by atoms with Gasteiger partial charge in [0.05, 0.1) is 0 Å². The number of likely N-dealkylation sites (tertiary alicyclic amines) is 1. The summed E-state index contributed by atoms with van der Waals surface area (Å²) in [5.74, 6) is 2.99. The molecule has 0 aromatic rings. The van der Waals surface area contributed by atoms with E-state index in [9.17, 15) is 0 Å². The van der Waals surface area contributed by atoms with E-state index < -0.39 is 0 Å². The van der Waals surface area contributed by atoms with Crippen LogP contribution >= 0.6 is 35.7 Å². The molecule has 0 amide bonds. The van der Waals surface area contributed by atoms with Gasteiger partial charge in [0.25, 0.3) is 0 Å². The summed E-state index contributed by atoms with van der Waals surface area (Å²) in [4.78, 5) is 6.84. The largest absolute Gasteiger partial charge is 0.356 e. The minimum atomic E-state index is 0. The summed E-state index contributed by atoms with van der Waals surface area (Å²) in [6.45, 7) is 5.77. The van der Waals surface area contributed by atoms with Crippen LogP contribution in [0.1, 0.15) is 39.0 Å². The van der Waals surface area contributed by atoms with Gasteiger partial charge < -0.3 is 15.5 Å². The molecule has 2 N–H and O–H groups in total. The molecule has 2 rings (SSSR count). The number of halogens is 1. The number of hydrogen-bond acceptors (Lipinski definition) is 3. The van der Waals surface area contributed by atoms with Crippen LogP contribution in [0.25, 0.3) is 0 Å². The van der Waals surface area contributed by atoms with Crippen molar-refractivity contribution in [2.24, 2.45) is 10.9 Å². The fourth-order valence-corrected chi connectivity index (χ4v) is 4.67. The van der Waals surface area contributed by atoms with Crippen LogP contribution in [0.15, 0.2) is 4.99 Å². The first-order valence-corrected chi connectivity index (χ1v) is 9.53. The van der Waals surface area contributed by atoms with Gasteiger partial charge in [-0.2, -0.15) is 11.8 Å². The first kappa shape index (κ1) is 20.4. The molecule has 0 bridgehead atoms. The predicted octanol–water partition coefficient (Wildman–Crippen LogP) is 2.79. The molecule has 130 valence electrons. The van der Waals surface area contributed by atoms with E-state index in [-0.39, 0.29) is 24.0 Å². The summed E-state index contributed by atoms with van der Waals surface area (Å²) in [5.41, 5.74) is 0. The van der Waals surface area contributed by atoms with E-state index in [0.29, 0.717) is 6.04 Å². The minimum Gasteiger partial charge on any atom is -0.356 e. The fraction of sp³-hybridized carbons (Fsp3) is 0.938. The first-order chi connectivity index (χ1) is 10.2. The Morgan fingerprint density at radius 2 is 2.14 bits per heavy atom. The third-order valence-electron chi connectivity index (χ3n) is 4.63. The summed E-state index contributed by atoms with van der Waals surface area (Å²) in [6, 6.07) is 0.606. The van der Waals surface area contributed by atoms with Gasteiger partial charge in [-0.25, -0.2) is 0 Å². The molecule has 0 spiro atoms. The van der Waals surface area contributed by atoms with Gasteiger partial charge in [-0.1, -0.05) is 6.92 Å². The normalized spacial score (nSPS) is 30.0. The highest BCUT2D eigenvalue weighted by molar-refractivity contribution is 14.0. The number of nitrogens with one attached hydrogen (secondary N) is 2. The molecule has 2 aliphatic rings. The Kier molecular flexibility index (Phi) is 10.1. The monoisotopic (exact) mass is 440 g/mol. The highest BCUT2D eigenvalue weighted by Crippen LogP contribution is 2.29. The third-order valence-corrected chi connectivity index (χ3v) is 5.86. The summed E-state index contributed by atoms with van der Waals surface area (Å²) >= 11 is 2.11. The number of piperidine rings is 1. The fourth-order valence-electron chi connectivity index (χ4n) is 3.53. The molecule has 4 nitrogen and oxygen atoms in total. The topological polar surface area (TPSA) is 39.7 Å². The molecule has 1 saturated carbocycles. The molecule has 3 atom stereocenters. The van der Waals surface area contributed by atoms with Crippen molar-refractivity contribution in [1.29, 1.82) is 0 Å². The lowest BCUT2D eigenvalue weighted by molar-refractivity contribution is 0.210. The molecule has 0 aromatic carbocycles. The van der Waals surface area contributed by atoms with E-state index in [1.165, 1.54) is 50.9 Å². The van der Waals surface area contributed by atoms with Crippen molar-refractivity contribution in [3.8, 4) is 0 Å². The molecule has 1 heterocycles. The molecule has 2 fully saturated rings. The molecule has 3 unspecified atom stereocenters. The van der Waals surface area contributed by atoms with Crippen LogP contribution in [0.3, 0.4) is 0 Å². The molecule has 22 heavy (non-hydrogen) atoms. The van der Waals surface area contributed by atoms with Crippen molar-refractivity contribution < 1.29 is 0 Å². The Bertz CT molecular complexity index is 340. The van der Waals surface area contributed by atoms with E-state index in [1.807, 2.05) is 7.05 Å². The van der Waals surface area contributed by atoms with Gasteiger partial charge in [-0.3, -0.25) is 4.99 Å². The van der Waals surface area contributed by atoms with E-state index in [4.69, 9.17) is 0 Å². The van der Waals surface area contributed by atoms with Gasteiger partial charge in [0.2, 0.25) is 0 Å². The average Bonchev–Trinajstić information content (AvgIpc) is 2.91. The molecular weight excluding hydrogens is 407 g/mol. The lowest BCUT2D eigenvalue weighted by Crippen LogP contribution is -2.46. The van der Waals surface area contributed by atoms with Crippen LogP contribution in [0.5, 0.6) is 0 Å². The van der Waals surface area contributed by atoms with Crippen LogP contribution in [0.4, 0.5) is 0 Å². The maximum absolute atomic E-state index is 4.40. The number of guanidine groups is 1. The van der Waals surface area contributed by atoms with Gasteiger partial charge in [0.15, 0.2) is 5.96 Å². The summed E-state index contributed by atoms with van der Waals surface area (Å²) < 4.78 is 0. The maximum Gasteiger partial charge on any atom is 0.191 e. The molecule has 6 heteroatoms. The zero-order valence-electron chi connectivity index (χ0n) is 14.3. The summed E-state index contributed by atoms with van der Waals surface area (Å²) in [5, 5.41) is 8.00. The summed E-state index contributed by atoms with van der Waals surface area (Å²) in [7, 11) is 4.11. The van der Waals surface area contributed by atoms with E-state index in [0.717, 1.165) is 23.7 Å². The van der Waals surface area contributed by atoms with Crippen LogP contribution in [-0.2, 0) is 0 Å². The standard InChI is InChI=1S/C16H32N4S.HI/c1-4-21-15-8-7-14(10-15)19-16(17-2)18-11-13-6-5-9-20(3)12-13;/h13-15H,4-12H2,1-3H3,(H2,17,18,19);1H. The van der Waals surface area contributed by atoms with Gasteiger partial charge in [0, 0.05) is 31.4 Å². The quantitative estimate of drug-likeness (QED) is 0.392. The maximum atomic E-state index is 4.40. The Labute approximate surface area is 157 Å². The van der Waals surface area contributed by atoms with Crippen LogP contribution < -0.4 is 10.6 Å². The van der Waals surface area contributed by atoms with Crippen LogP contribution in [0.2, 0.25) is 0 Å². The Hall–Kier alpha value is 0.310. The smallest absolute Gasteiger partial charge is 0.191 e. The Morgan fingerprint density at radius 3 is 2.82 bits per heavy atom. The molecule has 1 aliphatic heterocycles. The van der Waals surface area contributed by atoms with E-state index >= 15 is 0 Å². The minimum absolute atomic E-state index is 0. The van der Waals surface area contributed by atoms with Crippen molar-refractivity contribution in [3.63, 3.8) is 0 Å². The zero-order chi connectivity index (χ0) is 15.1. The van der Waals surface area contributed by atoms with Gasteiger partial charge in [-0.05, 0) is 57.4 Å². The molecule has 1 saturated heterocycles. The molecule has 0 aromatic heterocycles. The lowest BCUT2D eigenvalue weighted by Gasteiger charge is -2.30. The highest BCUT2D eigenvalue weighted by Gasteiger charge is 2.25. The van der Waals surface area contributed by atoms with Crippen molar-refractivity contribution in [2.45, 2.75) is 50.3 Å². The lowest BCUT2D eigenvalue weighted by atomic mass is 9.99. The Balaban J connectivity index is 0.00000242. The number of nitrogens with zero attached hydrogens (tertiary/aromatic N) is 2. The van der Waals surface area contributed by atoms with Crippen molar-refractivity contribution >= 4 is 41.7 Å². The number of hydrogen-bond donors (Lipinski definition) is 2. The second-order valence-corrected chi connectivity index (χ2v) is 8.03. The predicted molar refractivity (Wildman–Crippen MR) is 110 cm³/mol. The molecular formula is C16H33IN4S. The highest BCUT2D eigenvalue weighted by atomic mass is 127. The molecule has 1 aliphatic carbocycles. The van der Waals surface area contributed by atoms with Crippen molar-refractivity contribution in [1.82, 2.24) is 15.5 Å². The van der Waals surface area contributed by atoms with Gasteiger partial charge in [0.1, 0.15) is 0 Å². The van der Waals surface area contributed by atoms with Crippen molar-refractivity contribution in [3.05, 3.63) is 0 Å². The van der Waals surface area contributed by atoms with Crippen LogP contribution in [0, 0.1) is 5.92 Å². The SMILES string of the molecule is CCSC1CCC(NC(=NC)NCC2CCCN(C)C2)C1.I. The van der Waals surface area contributed by atoms with Gasteiger partial charge in [-0.15, -0.1) is 24.0 Å². The van der Waals surface area contributed by atoms with E-state index in [1.54, 1.807) is 0 Å².